The van der Waals surface area contributed by atoms with Gasteiger partial charge in [0.2, 0.25) is 5.60 Å². The van der Waals surface area contributed by atoms with Gasteiger partial charge in [-0.2, -0.15) is 4.74 Å². The van der Waals surface area contributed by atoms with Crippen molar-refractivity contribution in [2.24, 2.45) is 0 Å². The molecule has 5 heteroatoms. The van der Waals surface area contributed by atoms with Crippen LogP contribution in [-0.4, -0.2) is 48.0 Å². The van der Waals surface area contributed by atoms with E-state index in [1.165, 1.54) is 0 Å². The summed E-state index contributed by atoms with van der Waals surface area (Å²) in [4.78, 5) is 1.11. The van der Waals surface area contributed by atoms with Crippen LogP contribution in [0.2, 0.25) is 0 Å². The molecule has 2 atom stereocenters. The smallest absolute Gasteiger partial charge is 0.322 e. The minimum absolute atomic E-state index is 0.398. The highest BCUT2D eigenvalue weighted by atomic mass is 16.5. The first-order chi connectivity index (χ1) is 9.63. The van der Waals surface area contributed by atoms with Gasteiger partial charge in [0.25, 0.3) is 0 Å². The SMILES string of the molecule is CC1=[N+]([O-])[C@@H]([NH+]2CCOCC2)[C@@](O)(c2ccccc2)C1. The molecule has 0 aromatic heterocycles. The van der Waals surface area contributed by atoms with E-state index in [2.05, 4.69) is 0 Å². The van der Waals surface area contributed by atoms with Gasteiger partial charge in [0.1, 0.15) is 13.1 Å². The number of hydrogen-bond acceptors (Lipinski definition) is 3. The maximum Gasteiger partial charge on any atom is 0.322 e. The van der Waals surface area contributed by atoms with Gasteiger partial charge < -0.3 is 15.1 Å². The molecule has 1 aromatic carbocycles. The first-order valence-corrected chi connectivity index (χ1v) is 7.12. The van der Waals surface area contributed by atoms with Crippen molar-refractivity contribution in [3.05, 3.63) is 41.1 Å². The van der Waals surface area contributed by atoms with Gasteiger partial charge in [-0.3, -0.25) is 4.90 Å². The third kappa shape index (κ3) is 2.12. The van der Waals surface area contributed by atoms with Crippen LogP contribution in [0.15, 0.2) is 30.3 Å². The van der Waals surface area contributed by atoms with Gasteiger partial charge in [0.05, 0.1) is 19.6 Å². The molecule has 108 valence electrons. The van der Waals surface area contributed by atoms with Crippen molar-refractivity contribution in [2.75, 3.05) is 26.3 Å². The third-order valence-electron chi connectivity index (χ3n) is 4.38. The number of rotatable bonds is 2. The first kappa shape index (κ1) is 13.5. The predicted molar refractivity (Wildman–Crippen MR) is 74.6 cm³/mol. The van der Waals surface area contributed by atoms with E-state index in [1.54, 1.807) is 6.92 Å². The lowest BCUT2D eigenvalue weighted by Crippen LogP contribution is -3.20. The lowest BCUT2D eigenvalue weighted by Gasteiger charge is -2.34. The van der Waals surface area contributed by atoms with Crippen LogP contribution < -0.4 is 4.90 Å². The summed E-state index contributed by atoms with van der Waals surface area (Å²) in [7, 11) is 0. The first-order valence-electron chi connectivity index (χ1n) is 7.12. The van der Waals surface area contributed by atoms with E-state index in [4.69, 9.17) is 4.74 Å². The average molecular weight is 277 g/mol. The predicted octanol–water partition coefficient (Wildman–Crippen LogP) is -0.510. The number of ether oxygens (including phenoxy) is 1. The number of nitrogens with zero attached hydrogens (tertiary/aromatic N) is 1. The van der Waals surface area contributed by atoms with E-state index >= 15 is 0 Å². The Kier molecular flexibility index (Phi) is 3.50. The van der Waals surface area contributed by atoms with Crippen molar-refractivity contribution in [1.82, 2.24) is 0 Å². The Balaban J connectivity index is 1.97. The van der Waals surface area contributed by atoms with Gasteiger partial charge in [-0.15, -0.1) is 0 Å². The minimum Gasteiger partial charge on any atom is -0.619 e. The Morgan fingerprint density at radius 2 is 1.95 bits per heavy atom. The summed E-state index contributed by atoms with van der Waals surface area (Å²) < 4.78 is 6.37. The number of aliphatic hydroxyl groups is 1. The largest absolute Gasteiger partial charge is 0.619 e. The van der Waals surface area contributed by atoms with Gasteiger partial charge in [-0.05, 0) is 5.56 Å². The summed E-state index contributed by atoms with van der Waals surface area (Å²) in [6.45, 7) is 4.60. The highest BCUT2D eigenvalue weighted by Gasteiger charge is 2.57. The van der Waals surface area contributed by atoms with E-state index in [1.807, 2.05) is 30.3 Å². The Labute approximate surface area is 118 Å². The van der Waals surface area contributed by atoms with Crippen LogP contribution in [0.3, 0.4) is 0 Å². The highest BCUT2D eigenvalue weighted by Crippen LogP contribution is 2.33. The molecule has 1 fully saturated rings. The zero-order valence-electron chi connectivity index (χ0n) is 11.7. The van der Waals surface area contributed by atoms with Crippen LogP contribution in [-0.2, 0) is 10.3 Å². The number of quaternary nitrogens is 1. The van der Waals surface area contributed by atoms with E-state index in [0.29, 0.717) is 25.3 Å². The standard InChI is InChI=1S/C15H20N2O3/c1-12-11-15(18,13-5-3-2-4-6-13)14(17(12)19)16-7-9-20-10-8-16/h2-6,14,18H,7-11H2,1H3/p+1/t14-,15+/m1/s1. The summed E-state index contributed by atoms with van der Waals surface area (Å²) in [5, 5.41) is 23.6. The van der Waals surface area contributed by atoms with Crippen molar-refractivity contribution in [3.63, 3.8) is 0 Å². The van der Waals surface area contributed by atoms with Gasteiger partial charge in [-0.1, -0.05) is 30.3 Å². The molecule has 0 radical (unpaired) electrons. The Hall–Kier alpha value is -1.43. The fourth-order valence-corrected chi connectivity index (χ4v) is 3.38. The van der Waals surface area contributed by atoms with Crippen LogP contribution >= 0.6 is 0 Å². The molecule has 1 aromatic rings. The Morgan fingerprint density at radius 1 is 1.30 bits per heavy atom. The molecule has 2 heterocycles. The van der Waals surface area contributed by atoms with Crippen molar-refractivity contribution in [2.45, 2.75) is 25.1 Å². The minimum atomic E-state index is -1.11. The van der Waals surface area contributed by atoms with Gasteiger partial charge in [0, 0.05) is 6.92 Å². The zero-order chi connectivity index (χ0) is 14.2. The normalized spacial score (nSPS) is 31.8. The molecule has 2 aliphatic rings. The molecule has 0 aliphatic carbocycles. The molecule has 2 aliphatic heterocycles. The molecule has 0 spiro atoms. The second kappa shape index (κ2) is 5.16. The fraction of sp³-hybridized carbons (Fsp3) is 0.533. The maximum absolute atomic E-state index is 12.5. The van der Waals surface area contributed by atoms with Crippen LogP contribution in [0.5, 0.6) is 0 Å². The van der Waals surface area contributed by atoms with Crippen LogP contribution in [0.4, 0.5) is 0 Å². The molecule has 5 nitrogen and oxygen atoms in total. The monoisotopic (exact) mass is 277 g/mol. The van der Waals surface area contributed by atoms with E-state index in [0.717, 1.165) is 28.3 Å². The highest BCUT2D eigenvalue weighted by molar-refractivity contribution is 5.80. The Morgan fingerprint density at radius 3 is 2.60 bits per heavy atom. The average Bonchev–Trinajstić information content (AvgIpc) is 2.72. The number of benzene rings is 1. The molecular formula is C15H21N2O3+. The van der Waals surface area contributed by atoms with Crippen molar-refractivity contribution in [3.8, 4) is 0 Å². The molecule has 1 saturated heterocycles. The number of nitrogens with one attached hydrogen (secondary N) is 1. The lowest BCUT2D eigenvalue weighted by molar-refractivity contribution is -1.01. The topological polar surface area (TPSA) is 60.0 Å². The molecule has 0 saturated carbocycles. The zero-order valence-corrected chi connectivity index (χ0v) is 11.7. The Bertz CT molecular complexity index is 511. The summed E-state index contributed by atoms with van der Waals surface area (Å²) in [6.07, 6.45) is -0.0796. The molecule has 0 unspecified atom stereocenters. The lowest BCUT2D eigenvalue weighted by atomic mass is 9.87. The second-order valence-corrected chi connectivity index (χ2v) is 5.70. The van der Waals surface area contributed by atoms with Crippen LogP contribution in [0.25, 0.3) is 0 Å². The molecule has 0 amide bonds. The third-order valence-corrected chi connectivity index (χ3v) is 4.38. The van der Waals surface area contributed by atoms with E-state index < -0.39 is 11.8 Å². The second-order valence-electron chi connectivity index (χ2n) is 5.70. The van der Waals surface area contributed by atoms with Crippen molar-refractivity contribution < 1.29 is 19.5 Å². The molecule has 0 bridgehead atoms. The number of hydrogen-bond donors (Lipinski definition) is 2. The van der Waals surface area contributed by atoms with E-state index in [-0.39, 0.29) is 0 Å². The van der Waals surface area contributed by atoms with Crippen molar-refractivity contribution >= 4 is 5.71 Å². The fourth-order valence-electron chi connectivity index (χ4n) is 3.38. The van der Waals surface area contributed by atoms with Crippen LogP contribution in [0, 0.1) is 5.21 Å². The molecular weight excluding hydrogens is 256 g/mol. The quantitative estimate of drug-likeness (QED) is 0.565. The van der Waals surface area contributed by atoms with Gasteiger partial charge in [-0.25, -0.2) is 0 Å². The summed E-state index contributed by atoms with van der Waals surface area (Å²) >= 11 is 0. The van der Waals surface area contributed by atoms with E-state index in [9.17, 15) is 10.3 Å². The number of hydroxylamine groups is 1. The molecule has 2 N–H and O–H groups in total. The molecule has 3 rings (SSSR count). The summed E-state index contributed by atoms with van der Waals surface area (Å²) in [6, 6.07) is 9.53. The maximum atomic E-state index is 12.5. The van der Waals surface area contributed by atoms with Gasteiger partial charge in [0.15, 0.2) is 5.71 Å². The summed E-state index contributed by atoms with van der Waals surface area (Å²) in [5.41, 5.74) is 0.404. The van der Waals surface area contributed by atoms with Crippen LogP contribution in [0.1, 0.15) is 18.9 Å². The number of morpholine rings is 1. The summed E-state index contributed by atoms with van der Waals surface area (Å²) in [5.74, 6) is 0. The molecule has 20 heavy (non-hydrogen) atoms. The van der Waals surface area contributed by atoms with Crippen molar-refractivity contribution in [1.29, 1.82) is 0 Å². The van der Waals surface area contributed by atoms with Gasteiger partial charge >= 0.3 is 6.17 Å².